The van der Waals surface area contributed by atoms with Gasteiger partial charge >= 0.3 is 0 Å². The highest BCUT2D eigenvalue weighted by atomic mass is 19.1. The lowest BCUT2D eigenvalue weighted by Gasteiger charge is -2.17. The lowest BCUT2D eigenvalue weighted by atomic mass is 9.95. The summed E-state index contributed by atoms with van der Waals surface area (Å²) in [7, 11) is 1.49. The zero-order valence-corrected chi connectivity index (χ0v) is 12.4. The third kappa shape index (κ3) is 3.37. The van der Waals surface area contributed by atoms with Gasteiger partial charge in [0.05, 0.1) is 19.2 Å². The Morgan fingerprint density at radius 3 is 2.85 bits per heavy atom. The largest absolute Gasteiger partial charge is 0.496 e. The molecule has 1 saturated heterocycles. The Hall–Kier alpha value is -1.42. The minimum Gasteiger partial charge on any atom is -0.496 e. The summed E-state index contributed by atoms with van der Waals surface area (Å²) in [5.41, 5.74) is 0.334. The zero-order valence-electron chi connectivity index (χ0n) is 12.4. The van der Waals surface area contributed by atoms with E-state index in [1.54, 1.807) is 0 Å². The van der Waals surface area contributed by atoms with Crippen LogP contribution >= 0.6 is 0 Å². The molecule has 0 bridgehead atoms. The summed E-state index contributed by atoms with van der Waals surface area (Å²) < 4.78 is 18.4. The predicted molar refractivity (Wildman–Crippen MR) is 76.7 cm³/mol. The van der Waals surface area contributed by atoms with Crippen LogP contribution < -0.4 is 4.74 Å². The van der Waals surface area contributed by atoms with Crippen molar-refractivity contribution in [3.05, 3.63) is 29.6 Å². The number of carbonyl (C=O) groups is 1. The molecule has 1 fully saturated rings. The van der Waals surface area contributed by atoms with Crippen LogP contribution in [0.15, 0.2) is 18.2 Å². The van der Waals surface area contributed by atoms with Gasteiger partial charge in [0.2, 0.25) is 0 Å². The number of carbonyl (C=O) groups excluding carboxylic acids is 1. The zero-order chi connectivity index (χ0) is 14.7. The summed E-state index contributed by atoms with van der Waals surface area (Å²) in [6.07, 6.45) is 1.13. The van der Waals surface area contributed by atoms with E-state index in [0.29, 0.717) is 29.7 Å². The number of methoxy groups -OCH3 is 1. The van der Waals surface area contributed by atoms with Crippen molar-refractivity contribution in [2.75, 3.05) is 26.7 Å². The van der Waals surface area contributed by atoms with Crippen LogP contribution in [0.1, 0.15) is 30.6 Å². The van der Waals surface area contributed by atoms with E-state index in [0.717, 1.165) is 19.5 Å². The molecular weight excluding hydrogens is 257 g/mol. The van der Waals surface area contributed by atoms with E-state index in [-0.39, 0.29) is 5.78 Å². The van der Waals surface area contributed by atoms with Crippen LogP contribution in [-0.2, 0) is 0 Å². The minimum absolute atomic E-state index is 0.0780. The number of rotatable bonds is 5. The SMILES string of the molecule is COc1ccc(F)cc1C(=O)CN1CCC(C(C)C)C1. The number of hydrogen-bond donors (Lipinski definition) is 0. The molecule has 0 spiro atoms. The summed E-state index contributed by atoms with van der Waals surface area (Å²) >= 11 is 0. The molecule has 1 aliphatic heterocycles. The maximum atomic E-state index is 13.3. The normalized spacial score (nSPS) is 19.6. The molecule has 1 heterocycles. The average Bonchev–Trinajstić information content (AvgIpc) is 2.87. The first kappa shape index (κ1) is 15.0. The van der Waals surface area contributed by atoms with Crippen molar-refractivity contribution in [3.8, 4) is 5.75 Å². The topological polar surface area (TPSA) is 29.5 Å². The van der Waals surface area contributed by atoms with Crippen LogP contribution in [0.25, 0.3) is 0 Å². The number of hydrogen-bond acceptors (Lipinski definition) is 3. The third-order valence-corrected chi connectivity index (χ3v) is 4.08. The number of halogens is 1. The van der Waals surface area contributed by atoms with Crippen molar-refractivity contribution in [3.63, 3.8) is 0 Å². The second-order valence-electron chi connectivity index (χ2n) is 5.80. The van der Waals surface area contributed by atoms with Gasteiger partial charge in [-0.3, -0.25) is 9.69 Å². The number of benzene rings is 1. The number of nitrogens with zero attached hydrogens (tertiary/aromatic N) is 1. The van der Waals surface area contributed by atoms with Gasteiger partial charge in [-0.15, -0.1) is 0 Å². The minimum atomic E-state index is -0.407. The van der Waals surface area contributed by atoms with Gasteiger partial charge < -0.3 is 4.74 Å². The molecule has 0 saturated carbocycles. The van der Waals surface area contributed by atoms with Gasteiger partial charge in [-0.2, -0.15) is 0 Å². The molecule has 2 rings (SSSR count). The number of Topliss-reactive ketones (excluding diaryl/α,β-unsaturated/α-hetero) is 1. The maximum Gasteiger partial charge on any atom is 0.180 e. The Morgan fingerprint density at radius 2 is 2.25 bits per heavy atom. The highest BCUT2D eigenvalue weighted by Crippen LogP contribution is 2.25. The van der Waals surface area contributed by atoms with E-state index in [4.69, 9.17) is 4.74 Å². The molecule has 1 unspecified atom stereocenters. The van der Waals surface area contributed by atoms with Crippen molar-refractivity contribution in [1.82, 2.24) is 4.90 Å². The first-order valence-electron chi connectivity index (χ1n) is 7.10. The van der Waals surface area contributed by atoms with Gasteiger partial charge in [0.25, 0.3) is 0 Å². The third-order valence-electron chi connectivity index (χ3n) is 4.08. The molecule has 1 aliphatic rings. The second-order valence-corrected chi connectivity index (χ2v) is 5.80. The molecule has 0 aliphatic carbocycles. The van der Waals surface area contributed by atoms with E-state index in [1.165, 1.54) is 25.3 Å². The van der Waals surface area contributed by atoms with Crippen LogP contribution in [0.2, 0.25) is 0 Å². The molecule has 0 amide bonds. The molecule has 20 heavy (non-hydrogen) atoms. The molecule has 0 radical (unpaired) electrons. The number of likely N-dealkylation sites (tertiary alicyclic amines) is 1. The maximum absolute atomic E-state index is 13.3. The van der Waals surface area contributed by atoms with Crippen molar-refractivity contribution in [2.24, 2.45) is 11.8 Å². The highest BCUT2D eigenvalue weighted by Gasteiger charge is 2.27. The summed E-state index contributed by atoms with van der Waals surface area (Å²) in [5, 5.41) is 0. The van der Waals surface area contributed by atoms with Crippen molar-refractivity contribution >= 4 is 5.78 Å². The smallest absolute Gasteiger partial charge is 0.180 e. The summed E-state index contributed by atoms with van der Waals surface area (Å²) in [6.45, 7) is 6.65. The Morgan fingerprint density at radius 1 is 1.50 bits per heavy atom. The van der Waals surface area contributed by atoms with E-state index in [2.05, 4.69) is 18.7 Å². The molecule has 3 nitrogen and oxygen atoms in total. The van der Waals surface area contributed by atoms with Gasteiger partial charge in [0.1, 0.15) is 11.6 Å². The molecule has 4 heteroatoms. The highest BCUT2D eigenvalue weighted by molar-refractivity contribution is 6.00. The Labute approximate surface area is 119 Å². The van der Waals surface area contributed by atoms with Crippen LogP contribution in [0.4, 0.5) is 4.39 Å². The van der Waals surface area contributed by atoms with E-state index < -0.39 is 5.82 Å². The molecule has 110 valence electrons. The Kier molecular flexibility index (Phi) is 4.76. The first-order chi connectivity index (χ1) is 9.51. The standard InChI is InChI=1S/C16H22FNO2/c1-11(2)12-6-7-18(9-12)10-15(19)14-8-13(17)4-5-16(14)20-3/h4-5,8,11-12H,6-7,9-10H2,1-3H3. The molecule has 0 N–H and O–H groups in total. The van der Waals surface area contributed by atoms with Crippen LogP contribution in [0.3, 0.4) is 0 Å². The summed E-state index contributed by atoms with van der Waals surface area (Å²) in [6, 6.07) is 4.07. The quantitative estimate of drug-likeness (QED) is 0.776. The lowest BCUT2D eigenvalue weighted by molar-refractivity contribution is 0.0938. The fourth-order valence-corrected chi connectivity index (χ4v) is 2.74. The van der Waals surface area contributed by atoms with Crippen molar-refractivity contribution < 1.29 is 13.9 Å². The monoisotopic (exact) mass is 279 g/mol. The molecule has 1 atom stereocenters. The summed E-state index contributed by atoms with van der Waals surface area (Å²) in [4.78, 5) is 14.5. The van der Waals surface area contributed by atoms with E-state index in [1.807, 2.05) is 0 Å². The van der Waals surface area contributed by atoms with Crippen LogP contribution in [-0.4, -0.2) is 37.4 Å². The van der Waals surface area contributed by atoms with Gasteiger partial charge in [-0.05, 0) is 43.0 Å². The van der Waals surface area contributed by atoms with Crippen LogP contribution in [0.5, 0.6) is 5.75 Å². The van der Waals surface area contributed by atoms with E-state index >= 15 is 0 Å². The summed E-state index contributed by atoms with van der Waals surface area (Å²) in [5.74, 6) is 1.24. The number of ether oxygens (including phenoxy) is 1. The van der Waals surface area contributed by atoms with Crippen molar-refractivity contribution in [2.45, 2.75) is 20.3 Å². The molecule has 0 aromatic heterocycles. The molecule has 1 aromatic carbocycles. The van der Waals surface area contributed by atoms with Gasteiger partial charge in [0.15, 0.2) is 5.78 Å². The van der Waals surface area contributed by atoms with Gasteiger partial charge in [-0.1, -0.05) is 13.8 Å². The number of ketones is 1. The average molecular weight is 279 g/mol. The molecule has 1 aromatic rings. The van der Waals surface area contributed by atoms with Crippen molar-refractivity contribution in [1.29, 1.82) is 0 Å². The second kappa shape index (κ2) is 6.35. The molecular formula is C16H22FNO2. The fraction of sp³-hybridized carbons (Fsp3) is 0.562. The Bertz CT molecular complexity index is 487. The van der Waals surface area contributed by atoms with E-state index in [9.17, 15) is 9.18 Å². The van der Waals surface area contributed by atoms with Crippen LogP contribution in [0, 0.1) is 17.7 Å². The predicted octanol–water partition coefficient (Wildman–Crippen LogP) is 2.99. The van der Waals surface area contributed by atoms with Gasteiger partial charge in [-0.25, -0.2) is 4.39 Å². The fourth-order valence-electron chi connectivity index (χ4n) is 2.74. The van der Waals surface area contributed by atoms with Gasteiger partial charge in [0, 0.05) is 6.54 Å². The Balaban J connectivity index is 2.04. The lowest BCUT2D eigenvalue weighted by Crippen LogP contribution is -2.28. The first-order valence-corrected chi connectivity index (χ1v) is 7.10.